The van der Waals surface area contributed by atoms with Gasteiger partial charge in [0.25, 0.3) is 0 Å². The molecule has 1 heterocycles. The van der Waals surface area contributed by atoms with E-state index in [2.05, 4.69) is 15.5 Å². The number of likely N-dealkylation sites (N-methyl/N-ethyl adjacent to an activating group) is 1. The summed E-state index contributed by atoms with van der Waals surface area (Å²) in [4.78, 5) is 25.8. The number of piperazine rings is 1. The molecule has 0 saturated carbocycles. The lowest BCUT2D eigenvalue weighted by molar-refractivity contribution is 0.208. The minimum atomic E-state index is -1.27. The molecule has 2 amide bonds. The molecular weight excluding hydrogens is 312 g/mol. The summed E-state index contributed by atoms with van der Waals surface area (Å²) in [6.07, 6.45) is -2.49. The van der Waals surface area contributed by atoms with Crippen LogP contribution >= 0.6 is 11.6 Å². The monoisotopic (exact) mass is 328 g/mol. The topological polar surface area (TPSA) is 105 Å². The number of halogens is 1. The van der Waals surface area contributed by atoms with E-state index in [0.717, 1.165) is 26.2 Å². The second-order valence-electron chi connectivity index (χ2n) is 5.01. The van der Waals surface area contributed by atoms with Crippen LogP contribution in [0.1, 0.15) is 0 Å². The largest absolute Gasteiger partial charge is 0.465 e. The van der Waals surface area contributed by atoms with E-state index >= 15 is 0 Å². The van der Waals surface area contributed by atoms with Crippen molar-refractivity contribution in [3.05, 3.63) is 17.2 Å². The van der Waals surface area contributed by atoms with Crippen molar-refractivity contribution in [3.63, 3.8) is 0 Å². The Labute approximate surface area is 132 Å². The Bertz CT molecular complexity index is 588. The third-order valence-electron chi connectivity index (χ3n) is 3.39. The van der Waals surface area contributed by atoms with Gasteiger partial charge in [-0.15, -0.1) is 0 Å². The maximum Gasteiger partial charge on any atom is 0.409 e. The van der Waals surface area contributed by atoms with E-state index in [1.54, 1.807) is 6.07 Å². The molecule has 0 unspecified atom stereocenters. The molecule has 2 rings (SSSR count). The number of amides is 2. The van der Waals surface area contributed by atoms with Crippen molar-refractivity contribution in [1.29, 1.82) is 0 Å². The number of anilines is 3. The highest BCUT2D eigenvalue weighted by Gasteiger charge is 2.20. The molecule has 1 saturated heterocycles. The Morgan fingerprint density at radius 2 is 1.68 bits per heavy atom. The van der Waals surface area contributed by atoms with E-state index in [-0.39, 0.29) is 16.4 Å². The van der Waals surface area contributed by atoms with Gasteiger partial charge >= 0.3 is 12.2 Å². The Balaban J connectivity index is 2.37. The molecule has 8 nitrogen and oxygen atoms in total. The number of rotatable bonds is 3. The lowest BCUT2D eigenvalue weighted by Crippen LogP contribution is -2.44. The standard InChI is InChI=1S/C13H17ClN4O4/c1-17-2-4-18(5-3-17)10-7-8(15-12(19)20)6-9(11(10)14)16-13(21)22/h6-7,15-16H,2-5H2,1H3,(H,19,20)(H,21,22). The fourth-order valence-corrected chi connectivity index (χ4v) is 2.56. The van der Waals surface area contributed by atoms with Crippen LogP contribution in [0, 0.1) is 0 Å². The van der Waals surface area contributed by atoms with Gasteiger partial charge in [0, 0.05) is 31.9 Å². The SMILES string of the molecule is CN1CCN(c2cc(NC(=O)O)cc(NC(=O)O)c2Cl)CC1. The first-order valence-corrected chi connectivity index (χ1v) is 7.01. The van der Waals surface area contributed by atoms with Gasteiger partial charge in [-0.2, -0.15) is 0 Å². The summed E-state index contributed by atoms with van der Waals surface area (Å²) in [6.45, 7) is 3.13. The number of hydrogen-bond donors (Lipinski definition) is 4. The Hall–Kier alpha value is -2.19. The van der Waals surface area contributed by atoms with Crippen LogP contribution in [0.25, 0.3) is 0 Å². The highest BCUT2D eigenvalue weighted by atomic mass is 35.5. The van der Waals surface area contributed by atoms with E-state index in [1.807, 2.05) is 11.9 Å². The highest BCUT2D eigenvalue weighted by Crippen LogP contribution is 2.37. The molecule has 1 aliphatic heterocycles. The van der Waals surface area contributed by atoms with Gasteiger partial charge in [-0.1, -0.05) is 11.6 Å². The van der Waals surface area contributed by atoms with Crippen LogP contribution < -0.4 is 15.5 Å². The zero-order valence-electron chi connectivity index (χ0n) is 12.0. The van der Waals surface area contributed by atoms with E-state index in [4.69, 9.17) is 21.8 Å². The molecule has 0 aliphatic carbocycles. The van der Waals surface area contributed by atoms with Crippen LogP contribution in [0.15, 0.2) is 12.1 Å². The van der Waals surface area contributed by atoms with Gasteiger partial charge in [-0.3, -0.25) is 10.6 Å². The summed E-state index contributed by atoms with van der Waals surface area (Å²) in [5.41, 5.74) is 1.01. The quantitative estimate of drug-likeness (QED) is 0.678. The first-order valence-electron chi connectivity index (χ1n) is 6.63. The van der Waals surface area contributed by atoms with Gasteiger partial charge in [-0.25, -0.2) is 9.59 Å². The molecular formula is C13H17ClN4O4. The molecule has 9 heteroatoms. The van der Waals surface area contributed by atoms with Gasteiger partial charge in [0.1, 0.15) is 0 Å². The summed E-state index contributed by atoms with van der Waals surface area (Å²) in [5.74, 6) is 0. The molecule has 22 heavy (non-hydrogen) atoms. The Kier molecular flexibility index (Phi) is 4.94. The second kappa shape index (κ2) is 6.71. The molecule has 1 aromatic carbocycles. The van der Waals surface area contributed by atoms with Crippen LogP contribution in [0.5, 0.6) is 0 Å². The Morgan fingerprint density at radius 1 is 1.09 bits per heavy atom. The van der Waals surface area contributed by atoms with Crippen molar-refractivity contribution in [1.82, 2.24) is 4.90 Å². The van der Waals surface area contributed by atoms with Crippen molar-refractivity contribution in [3.8, 4) is 0 Å². The van der Waals surface area contributed by atoms with Crippen molar-refractivity contribution < 1.29 is 19.8 Å². The van der Waals surface area contributed by atoms with Crippen LogP contribution in [0.3, 0.4) is 0 Å². The smallest absolute Gasteiger partial charge is 0.409 e. The number of nitrogens with zero attached hydrogens (tertiary/aromatic N) is 2. The molecule has 0 radical (unpaired) electrons. The van der Waals surface area contributed by atoms with Crippen molar-refractivity contribution >= 4 is 40.8 Å². The van der Waals surface area contributed by atoms with E-state index in [0.29, 0.717) is 5.69 Å². The summed E-state index contributed by atoms with van der Waals surface area (Å²) >= 11 is 6.27. The highest BCUT2D eigenvalue weighted by molar-refractivity contribution is 6.36. The maximum atomic E-state index is 10.9. The average molecular weight is 329 g/mol. The fraction of sp³-hybridized carbons (Fsp3) is 0.385. The lowest BCUT2D eigenvalue weighted by atomic mass is 10.2. The molecule has 0 aromatic heterocycles. The van der Waals surface area contributed by atoms with Crippen LogP contribution in [0.2, 0.25) is 5.02 Å². The molecule has 120 valence electrons. The minimum Gasteiger partial charge on any atom is -0.465 e. The maximum absolute atomic E-state index is 10.9. The third-order valence-corrected chi connectivity index (χ3v) is 3.79. The van der Waals surface area contributed by atoms with Gasteiger partial charge < -0.3 is 20.0 Å². The average Bonchev–Trinajstić information content (AvgIpc) is 2.42. The van der Waals surface area contributed by atoms with E-state index < -0.39 is 12.2 Å². The first-order chi connectivity index (χ1) is 10.4. The minimum absolute atomic E-state index is 0.148. The molecule has 0 bridgehead atoms. The second-order valence-corrected chi connectivity index (χ2v) is 5.39. The summed E-state index contributed by atoms with van der Waals surface area (Å²) in [6, 6.07) is 2.96. The van der Waals surface area contributed by atoms with Crippen molar-refractivity contribution in [2.24, 2.45) is 0 Å². The van der Waals surface area contributed by atoms with Crippen molar-refractivity contribution in [2.45, 2.75) is 0 Å². The predicted molar refractivity (Wildman–Crippen MR) is 84.5 cm³/mol. The zero-order chi connectivity index (χ0) is 16.3. The van der Waals surface area contributed by atoms with Gasteiger partial charge in [0.15, 0.2) is 0 Å². The molecule has 0 atom stereocenters. The van der Waals surface area contributed by atoms with E-state index in [1.165, 1.54) is 6.07 Å². The number of hydrogen-bond acceptors (Lipinski definition) is 4. The van der Waals surface area contributed by atoms with Gasteiger partial charge in [0.05, 0.1) is 16.4 Å². The van der Waals surface area contributed by atoms with Crippen LogP contribution in [-0.2, 0) is 0 Å². The van der Waals surface area contributed by atoms with Crippen LogP contribution in [0.4, 0.5) is 26.7 Å². The molecule has 1 aromatic rings. The molecule has 1 aliphatic rings. The molecule has 0 spiro atoms. The van der Waals surface area contributed by atoms with Crippen LogP contribution in [-0.4, -0.2) is 60.5 Å². The summed E-state index contributed by atoms with van der Waals surface area (Å²) in [7, 11) is 2.01. The van der Waals surface area contributed by atoms with Crippen molar-refractivity contribution in [2.75, 3.05) is 48.8 Å². The summed E-state index contributed by atoms with van der Waals surface area (Å²) < 4.78 is 0. The number of benzene rings is 1. The fourth-order valence-electron chi connectivity index (χ4n) is 2.29. The van der Waals surface area contributed by atoms with Gasteiger partial charge in [-0.05, 0) is 19.2 Å². The Morgan fingerprint density at radius 3 is 2.23 bits per heavy atom. The number of carbonyl (C=O) groups is 2. The lowest BCUT2D eigenvalue weighted by Gasteiger charge is -2.35. The normalized spacial score (nSPS) is 15.5. The van der Waals surface area contributed by atoms with E-state index in [9.17, 15) is 9.59 Å². The third kappa shape index (κ3) is 3.92. The first kappa shape index (κ1) is 16.2. The predicted octanol–water partition coefficient (Wildman–Crippen LogP) is 2.27. The number of nitrogens with one attached hydrogen (secondary N) is 2. The summed E-state index contributed by atoms with van der Waals surface area (Å²) in [5, 5.41) is 22.4. The zero-order valence-corrected chi connectivity index (χ0v) is 12.7. The molecule has 1 fully saturated rings. The molecule has 4 N–H and O–H groups in total. The van der Waals surface area contributed by atoms with Gasteiger partial charge in [0.2, 0.25) is 0 Å². The number of carboxylic acid groups (broad SMARTS) is 2.